The number of hydrogen-bond acceptors (Lipinski definition) is 6. The molecule has 0 bridgehead atoms. The first kappa shape index (κ1) is 16.3. The Hall–Kier alpha value is -2.87. The minimum atomic E-state index is 0.0146. The van der Waals surface area contributed by atoms with E-state index in [0.29, 0.717) is 37.9 Å². The van der Waals surface area contributed by atoms with E-state index in [9.17, 15) is 4.79 Å². The third-order valence-corrected chi connectivity index (χ3v) is 5.25. The number of aromatic nitrogens is 3. The lowest BCUT2D eigenvalue weighted by atomic mass is 10.3. The predicted molar refractivity (Wildman–Crippen MR) is 101 cm³/mol. The molecule has 8 heteroatoms. The SMILES string of the molecule is O=C(c1cn2c(n1)CCNCC2)N1CCN(c2nc3ccccc3o2)CC1. The number of nitrogens with zero attached hydrogens (tertiary/aromatic N) is 5. The summed E-state index contributed by atoms with van der Waals surface area (Å²) in [5.74, 6) is 1.01. The zero-order valence-electron chi connectivity index (χ0n) is 15.1. The average Bonchev–Trinajstić information content (AvgIpc) is 3.26. The van der Waals surface area contributed by atoms with Gasteiger partial charge in [-0.25, -0.2) is 4.98 Å². The lowest BCUT2D eigenvalue weighted by Gasteiger charge is -2.33. The van der Waals surface area contributed by atoms with E-state index in [1.165, 1.54) is 0 Å². The number of carbonyl (C=O) groups is 1. The minimum Gasteiger partial charge on any atom is -0.423 e. The van der Waals surface area contributed by atoms with Crippen molar-refractivity contribution in [3.05, 3.63) is 42.0 Å². The van der Waals surface area contributed by atoms with Crippen LogP contribution in [-0.2, 0) is 13.0 Å². The molecule has 0 unspecified atom stereocenters. The summed E-state index contributed by atoms with van der Waals surface area (Å²) >= 11 is 0. The van der Waals surface area contributed by atoms with Gasteiger partial charge in [0.2, 0.25) is 0 Å². The maximum Gasteiger partial charge on any atom is 0.298 e. The van der Waals surface area contributed by atoms with E-state index in [4.69, 9.17) is 4.42 Å². The maximum absolute atomic E-state index is 12.9. The third kappa shape index (κ3) is 3.06. The normalized spacial score (nSPS) is 17.8. The lowest BCUT2D eigenvalue weighted by molar-refractivity contribution is 0.0739. The van der Waals surface area contributed by atoms with Crippen molar-refractivity contribution in [1.82, 2.24) is 24.8 Å². The highest BCUT2D eigenvalue weighted by molar-refractivity contribution is 5.92. The van der Waals surface area contributed by atoms with Crippen molar-refractivity contribution in [2.45, 2.75) is 13.0 Å². The zero-order chi connectivity index (χ0) is 18.2. The van der Waals surface area contributed by atoms with Crippen LogP contribution in [0.4, 0.5) is 6.01 Å². The number of amides is 1. The van der Waals surface area contributed by atoms with Crippen molar-refractivity contribution < 1.29 is 9.21 Å². The number of rotatable bonds is 2. The van der Waals surface area contributed by atoms with Gasteiger partial charge >= 0.3 is 0 Å². The van der Waals surface area contributed by atoms with Gasteiger partial charge in [0.05, 0.1) is 0 Å². The number of oxazole rings is 1. The number of benzene rings is 1. The van der Waals surface area contributed by atoms with E-state index in [2.05, 4.69) is 24.8 Å². The summed E-state index contributed by atoms with van der Waals surface area (Å²) in [6.07, 6.45) is 2.76. The van der Waals surface area contributed by atoms with Crippen LogP contribution in [0.2, 0.25) is 0 Å². The van der Waals surface area contributed by atoms with Crippen LogP contribution in [0.25, 0.3) is 11.1 Å². The Morgan fingerprint density at radius 1 is 1.04 bits per heavy atom. The van der Waals surface area contributed by atoms with Crippen molar-refractivity contribution >= 4 is 23.0 Å². The van der Waals surface area contributed by atoms with Crippen molar-refractivity contribution in [1.29, 1.82) is 0 Å². The summed E-state index contributed by atoms with van der Waals surface area (Å²) in [5, 5.41) is 3.35. The highest BCUT2D eigenvalue weighted by Crippen LogP contribution is 2.23. The van der Waals surface area contributed by atoms with Crippen molar-refractivity contribution in [3.8, 4) is 0 Å². The van der Waals surface area contributed by atoms with Gasteiger partial charge < -0.3 is 24.1 Å². The van der Waals surface area contributed by atoms with Crippen LogP contribution in [0.3, 0.4) is 0 Å². The molecule has 8 nitrogen and oxygen atoms in total. The van der Waals surface area contributed by atoms with Crippen LogP contribution in [0.1, 0.15) is 16.3 Å². The molecule has 2 aliphatic heterocycles. The highest BCUT2D eigenvalue weighted by atomic mass is 16.4. The second-order valence-corrected chi connectivity index (χ2v) is 6.98. The Balaban J connectivity index is 1.26. The molecule has 1 amide bonds. The van der Waals surface area contributed by atoms with Gasteiger partial charge in [-0.2, -0.15) is 4.98 Å². The fraction of sp³-hybridized carbons (Fsp3) is 0.421. The zero-order valence-corrected chi connectivity index (χ0v) is 15.1. The van der Waals surface area contributed by atoms with Gasteiger partial charge in [0, 0.05) is 58.4 Å². The number of carbonyl (C=O) groups excluding carboxylic acids is 1. The molecular formula is C19H22N6O2. The number of para-hydroxylation sites is 2. The second kappa shape index (κ2) is 6.70. The molecule has 4 heterocycles. The molecule has 1 fully saturated rings. The third-order valence-electron chi connectivity index (χ3n) is 5.25. The molecule has 0 aliphatic carbocycles. The molecule has 2 aromatic heterocycles. The van der Waals surface area contributed by atoms with Crippen LogP contribution < -0.4 is 10.2 Å². The van der Waals surface area contributed by atoms with Crippen LogP contribution in [0.5, 0.6) is 0 Å². The van der Waals surface area contributed by atoms with Gasteiger partial charge in [-0.15, -0.1) is 0 Å². The Morgan fingerprint density at radius 2 is 1.89 bits per heavy atom. The first-order chi connectivity index (χ1) is 13.3. The van der Waals surface area contributed by atoms with Crippen molar-refractivity contribution in [2.24, 2.45) is 0 Å². The molecule has 140 valence electrons. The lowest BCUT2D eigenvalue weighted by Crippen LogP contribution is -2.49. The van der Waals surface area contributed by atoms with Crippen molar-refractivity contribution in [3.63, 3.8) is 0 Å². The highest BCUT2D eigenvalue weighted by Gasteiger charge is 2.26. The Kier molecular flexibility index (Phi) is 4.05. The molecule has 2 aliphatic rings. The number of fused-ring (bicyclic) bond motifs is 2. The summed E-state index contributed by atoms with van der Waals surface area (Å²) in [4.78, 5) is 26.0. The molecule has 0 saturated carbocycles. The smallest absolute Gasteiger partial charge is 0.298 e. The molecule has 1 aromatic carbocycles. The first-order valence-corrected chi connectivity index (χ1v) is 9.44. The number of anilines is 1. The van der Waals surface area contributed by atoms with E-state index < -0.39 is 0 Å². The average molecular weight is 366 g/mol. The van der Waals surface area contributed by atoms with Crippen LogP contribution in [0.15, 0.2) is 34.9 Å². The second-order valence-electron chi connectivity index (χ2n) is 6.98. The predicted octanol–water partition coefficient (Wildman–Crippen LogP) is 1.13. The van der Waals surface area contributed by atoms with Crippen LogP contribution >= 0.6 is 0 Å². The molecular weight excluding hydrogens is 344 g/mol. The summed E-state index contributed by atoms with van der Waals surface area (Å²) < 4.78 is 7.94. The van der Waals surface area contributed by atoms with Gasteiger partial charge in [-0.05, 0) is 12.1 Å². The first-order valence-electron chi connectivity index (χ1n) is 9.44. The van der Waals surface area contributed by atoms with E-state index >= 15 is 0 Å². The van der Waals surface area contributed by atoms with E-state index in [-0.39, 0.29) is 5.91 Å². The minimum absolute atomic E-state index is 0.0146. The Bertz CT molecular complexity index is 913. The molecule has 3 aromatic rings. The van der Waals surface area contributed by atoms with Gasteiger partial charge in [-0.3, -0.25) is 4.79 Å². The largest absolute Gasteiger partial charge is 0.423 e. The van der Waals surface area contributed by atoms with E-state index in [0.717, 1.165) is 43.0 Å². The molecule has 1 N–H and O–H groups in total. The van der Waals surface area contributed by atoms with Gasteiger partial charge in [0.25, 0.3) is 11.9 Å². The number of hydrogen-bond donors (Lipinski definition) is 1. The number of nitrogens with one attached hydrogen (secondary N) is 1. The molecule has 5 rings (SSSR count). The molecule has 27 heavy (non-hydrogen) atoms. The maximum atomic E-state index is 12.9. The van der Waals surface area contributed by atoms with E-state index in [1.54, 1.807) is 0 Å². The van der Waals surface area contributed by atoms with Crippen LogP contribution in [0, 0.1) is 0 Å². The molecule has 1 saturated heterocycles. The van der Waals surface area contributed by atoms with Gasteiger partial charge in [0.1, 0.15) is 17.0 Å². The van der Waals surface area contributed by atoms with Crippen molar-refractivity contribution in [2.75, 3.05) is 44.2 Å². The summed E-state index contributed by atoms with van der Waals surface area (Å²) in [5.41, 5.74) is 2.21. The van der Waals surface area contributed by atoms with Crippen LogP contribution in [-0.4, -0.2) is 64.6 Å². The van der Waals surface area contributed by atoms with Gasteiger partial charge in [0.15, 0.2) is 5.58 Å². The fourth-order valence-electron chi connectivity index (χ4n) is 3.73. The standard InChI is InChI=1S/C19H22N6O2/c26-18(15-13-25-8-7-20-6-5-17(25)21-15)23-9-11-24(12-10-23)19-22-14-3-1-2-4-16(14)27-19/h1-4,13,20H,5-12H2. The summed E-state index contributed by atoms with van der Waals surface area (Å²) in [7, 11) is 0. The van der Waals surface area contributed by atoms with E-state index in [1.807, 2.05) is 35.4 Å². The van der Waals surface area contributed by atoms with Gasteiger partial charge in [-0.1, -0.05) is 12.1 Å². The molecule has 0 atom stereocenters. The quantitative estimate of drug-likeness (QED) is 0.733. The fourth-order valence-corrected chi connectivity index (χ4v) is 3.73. The summed E-state index contributed by atoms with van der Waals surface area (Å²) in [6.45, 7) is 5.38. The summed E-state index contributed by atoms with van der Waals surface area (Å²) in [6, 6.07) is 8.39. The Labute approximate surface area is 156 Å². The Morgan fingerprint density at radius 3 is 2.74 bits per heavy atom. The molecule has 0 radical (unpaired) electrons. The molecule has 0 spiro atoms. The number of imidazole rings is 1. The number of piperazine rings is 1. The topological polar surface area (TPSA) is 79.4 Å². The monoisotopic (exact) mass is 366 g/mol.